The number of hydrogen-bond acceptors (Lipinski definition) is 6. The lowest BCUT2D eigenvalue weighted by atomic mass is 9.27. The summed E-state index contributed by atoms with van der Waals surface area (Å²) in [5, 5.41) is 9.39. The number of fused-ring (bicyclic) bond motifs is 16. The van der Waals surface area contributed by atoms with E-state index in [9.17, 15) is 0 Å². The Morgan fingerprint density at radius 1 is 0.210 bits per heavy atom. The highest BCUT2D eigenvalue weighted by Gasteiger charge is 2.57. The zero-order valence-corrected chi connectivity index (χ0v) is 77.4. The maximum atomic E-state index is 8.19. The topological polar surface area (TPSA) is 25.4 Å². The molecule has 9 heteroatoms. The second-order valence-electron chi connectivity index (χ2n) is 45.7. The van der Waals surface area contributed by atoms with E-state index in [-0.39, 0.29) is 63.5 Å². The predicted molar refractivity (Wildman–Crippen MR) is 538 cm³/mol. The van der Waals surface area contributed by atoms with E-state index in [0.29, 0.717) is 0 Å². The SMILES string of the molecule is Cc1cc2c3c(c1)N(c1cc(C(C)(C)C)cc(C(C)(C)C)c1)c1cc4ccccc4cc1B3c1cc3c(cc1N2c1cc(C(C)(C)C)cc(C(C)(C)C)c1)N(c1cc(C(C)(C)C)cc(C(C)(C)C)c1)c1cc2c4c5c1B3c1cc3ccccc3c3c1N5c1c(cc5ccccc5c1O3)B4c1cc3ccccc3cc1N2c1cc(C(C)(C)C)cc(C(C)(C)C)c1. The van der Waals surface area contributed by atoms with Crippen LogP contribution in [0.4, 0.5) is 85.3 Å². The first-order valence-corrected chi connectivity index (χ1v) is 45.4. The number of ether oxygens (including phenoxy) is 1. The van der Waals surface area contributed by atoms with Crippen LogP contribution in [0.1, 0.15) is 216 Å². The van der Waals surface area contributed by atoms with E-state index in [1.54, 1.807) is 0 Å². The first-order valence-electron chi connectivity index (χ1n) is 45.4. The van der Waals surface area contributed by atoms with Crippen molar-refractivity contribution < 1.29 is 4.74 Å². The summed E-state index contributed by atoms with van der Waals surface area (Å²) < 4.78 is 8.19. The fourth-order valence-electron chi connectivity index (χ4n) is 21.8. The summed E-state index contributed by atoms with van der Waals surface area (Å²) in [4.78, 5) is 13.8. The minimum atomic E-state index is -0.332. The molecule has 0 saturated carbocycles. The Morgan fingerprint density at radius 2 is 0.452 bits per heavy atom. The highest BCUT2D eigenvalue weighted by atomic mass is 16.5. The molecule has 0 bridgehead atoms. The maximum absolute atomic E-state index is 8.19. The number of anilines is 15. The first kappa shape index (κ1) is 78.3. The second-order valence-corrected chi connectivity index (χ2v) is 45.7. The van der Waals surface area contributed by atoms with Crippen LogP contribution >= 0.6 is 0 Å². The maximum Gasteiger partial charge on any atom is 0.252 e. The molecule has 7 aliphatic rings. The van der Waals surface area contributed by atoms with Crippen LogP contribution in [-0.4, -0.2) is 20.1 Å². The molecule has 15 aromatic carbocycles. The number of benzene rings is 15. The standard InChI is InChI=1S/C115H114B3N5O/c1-65-42-96-100-97(43-65)121(82-58-76(112(14,15)16)52-77(59-82)113(17,18)19)94-63-95-89(62-88(94)116(100)86-44-66-34-26-28-36-68(66)48-92(86)119(96)80-54-72(108(2,3)4)50-73(55-80)109(5,6)7)118-91-47-71-39-31-33-41-85(71)107-104(91)123-103-90(46-70-38-30-32-40-84(70)106(103)124-107)117-87-45-67-35-27-29-37-69(67)49-93(87)120(81-56-74(110(8,9)10)51-75(57-81)111(11,12)13)98-64-99(102(118)105(123)101(98)117)122(95)83-60-78(114(20,21)22)53-79(61-83)115(23,24)25/h26-64H,1-25H3. The van der Waals surface area contributed by atoms with Crippen LogP contribution < -0.4 is 78.4 Å². The van der Waals surface area contributed by atoms with Crippen LogP contribution in [0.15, 0.2) is 237 Å². The Morgan fingerprint density at radius 3 is 0.758 bits per heavy atom. The number of nitrogens with zero attached hydrogens (tertiary/aromatic N) is 5. The second kappa shape index (κ2) is 25.8. The molecule has 0 spiro atoms. The molecule has 22 rings (SSSR count). The fourth-order valence-corrected chi connectivity index (χ4v) is 21.8. The van der Waals surface area contributed by atoms with Crippen LogP contribution in [0.2, 0.25) is 0 Å². The lowest BCUT2D eigenvalue weighted by Crippen LogP contribution is -2.69. The predicted octanol–water partition coefficient (Wildman–Crippen LogP) is 25.9. The zero-order valence-electron chi connectivity index (χ0n) is 77.4. The molecule has 0 fully saturated rings. The van der Waals surface area contributed by atoms with E-state index in [2.05, 4.69) is 434 Å². The van der Waals surface area contributed by atoms with Crippen molar-refractivity contribution in [2.45, 2.75) is 216 Å². The van der Waals surface area contributed by atoms with Gasteiger partial charge in [-0.15, -0.1) is 0 Å². The van der Waals surface area contributed by atoms with Gasteiger partial charge in [0.15, 0.2) is 11.5 Å². The Labute approximate surface area is 736 Å². The van der Waals surface area contributed by atoms with Crippen LogP contribution in [0.3, 0.4) is 0 Å². The molecule has 0 aliphatic carbocycles. The van der Waals surface area contributed by atoms with E-state index in [1.807, 2.05) is 0 Å². The van der Waals surface area contributed by atoms with Crippen molar-refractivity contribution in [3.05, 3.63) is 287 Å². The van der Waals surface area contributed by atoms with Gasteiger partial charge in [-0.2, -0.15) is 0 Å². The Balaban J connectivity index is 0.948. The van der Waals surface area contributed by atoms with E-state index in [0.717, 1.165) is 67.2 Å². The highest BCUT2D eigenvalue weighted by Crippen LogP contribution is 2.61. The Kier molecular flexibility index (Phi) is 16.3. The molecule has 7 aliphatic heterocycles. The van der Waals surface area contributed by atoms with Crippen molar-refractivity contribution in [3.8, 4) is 11.5 Å². The minimum Gasteiger partial charge on any atom is -0.452 e. The Hall–Kier alpha value is -11.7. The van der Waals surface area contributed by atoms with Crippen LogP contribution in [0.25, 0.3) is 43.1 Å². The van der Waals surface area contributed by atoms with E-state index >= 15 is 0 Å². The van der Waals surface area contributed by atoms with Gasteiger partial charge in [0.25, 0.3) is 20.1 Å². The van der Waals surface area contributed by atoms with Crippen molar-refractivity contribution in [1.82, 2.24) is 0 Å². The summed E-state index contributed by atoms with van der Waals surface area (Å²) in [6.45, 7) is 59.1. The van der Waals surface area contributed by atoms with Crippen molar-refractivity contribution in [3.63, 3.8) is 0 Å². The third-order valence-electron chi connectivity index (χ3n) is 28.8. The fraction of sp³-hybridized carbons (Fsp3) is 0.287. The van der Waals surface area contributed by atoms with Crippen molar-refractivity contribution >= 4 is 198 Å². The largest absolute Gasteiger partial charge is 0.452 e. The summed E-state index contributed by atoms with van der Waals surface area (Å²) >= 11 is 0. The van der Waals surface area contributed by atoms with Crippen molar-refractivity contribution in [2.75, 3.05) is 24.5 Å². The molecule has 0 amide bonds. The molecule has 0 unspecified atom stereocenters. The van der Waals surface area contributed by atoms with Gasteiger partial charge < -0.3 is 29.2 Å². The summed E-state index contributed by atoms with van der Waals surface area (Å²) in [6.07, 6.45) is 0. The monoisotopic (exact) mass is 1610 g/mol. The average molecular weight is 1610 g/mol. The van der Waals surface area contributed by atoms with E-state index in [1.165, 1.54) is 172 Å². The molecule has 15 aromatic rings. The summed E-state index contributed by atoms with van der Waals surface area (Å²) in [7, 11) is 0. The van der Waals surface area contributed by atoms with Gasteiger partial charge in [0.1, 0.15) is 0 Å². The molecule has 7 heterocycles. The third kappa shape index (κ3) is 11.7. The summed E-state index contributed by atoms with van der Waals surface area (Å²) in [5.41, 5.74) is 39.4. The highest BCUT2D eigenvalue weighted by molar-refractivity contribution is 7.06. The van der Waals surface area contributed by atoms with Crippen molar-refractivity contribution in [2.24, 2.45) is 0 Å². The van der Waals surface area contributed by atoms with Gasteiger partial charge in [-0.25, -0.2) is 0 Å². The minimum absolute atomic E-state index is 0.141. The summed E-state index contributed by atoms with van der Waals surface area (Å²) in [5.74, 6) is 1.81. The molecular weight excluding hydrogens is 1500 g/mol. The molecule has 0 aromatic heterocycles. The number of hydrogen-bond donors (Lipinski definition) is 0. The van der Waals surface area contributed by atoms with E-state index < -0.39 is 0 Å². The third-order valence-corrected chi connectivity index (χ3v) is 28.8. The lowest BCUT2D eigenvalue weighted by Gasteiger charge is -2.53. The van der Waals surface area contributed by atoms with Crippen LogP contribution in [0, 0.1) is 6.92 Å². The number of aryl methyl sites for hydroxylation is 1. The smallest absolute Gasteiger partial charge is 0.252 e. The average Bonchev–Trinajstić information content (AvgIpc) is 0.650. The molecular formula is C115H114B3N5O. The first-order chi connectivity index (χ1) is 58.4. The van der Waals surface area contributed by atoms with Crippen LogP contribution in [0.5, 0.6) is 11.5 Å². The lowest BCUT2D eigenvalue weighted by molar-refractivity contribution is 0.489. The van der Waals surface area contributed by atoms with Gasteiger partial charge >= 0.3 is 0 Å². The van der Waals surface area contributed by atoms with Gasteiger partial charge in [0.2, 0.25) is 0 Å². The molecule has 0 saturated heterocycles. The molecule has 614 valence electrons. The number of rotatable bonds is 4. The van der Waals surface area contributed by atoms with E-state index in [4.69, 9.17) is 4.74 Å². The quantitative estimate of drug-likeness (QED) is 0.163. The van der Waals surface area contributed by atoms with Gasteiger partial charge in [-0.1, -0.05) is 318 Å². The summed E-state index contributed by atoms with van der Waals surface area (Å²) in [6, 6.07) is 95.5. The zero-order chi connectivity index (χ0) is 86.7. The normalized spacial score (nSPS) is 14.9. The molecule has 0 N–H and O–H groups in total. The van der Waals surface area contributed by atoms with Gasteiger partial charge in [-0.05, 0) is 267 Å². The van der Waals surface area contributed by atoms with Gasteiger partial charge in [-0.3, -0.25) is 0 Å². The Bertz CT molecular complexity index is 7120. The van der Waals surface area contributed by atoms with Crippen LogP contribution in [-0.2, 0) is 43.3 Å². The molecule has 6 nitrogen and oxygen atoms in total. The molecule has 124 heavy (non-hydrogen) atoms. The van der Waals surface area contributed by atoms with Crippen molar-refractivity contribution in [1.29, 1.82) is 0 Å². The van der Waals surface area contributed by atoms with Gasteiger partial charge in [0.05, 0.1) is 11.4 Å². The molecule has 0 radical (unpaired) electrons. The van der Waals surface area contributed by atoms with Gasteiger partial charge in [0, 0.05) is 84.7 Å². The molecule has 0 atom stereocenters.